The van der Waals surface area contributed by atoms with E-state index in [0.717, 1.165) is 29.9 Å². The Labute approximate surface area is 190 Å². The summed E-state index contributed by atoms with van der Waals surface area (Å²) in [5, 5.41) is 0. The van der Waals surface area contributed by atoms with Crippen LogP contribution in [-0.4, -0.2) is 0 Å². The molecule has 2 saturated carbocycles. The van der Waals surface area contributed by atoms with E-state index in [1.165, 1.54) is 83.1 Å². The van der Waals surface area contributed by atoms with E-state index in [0.29, 0.717) is 5.92 Å². The van der Waals surface area contributed by atoms with E-state index in [1.807, 2.05) is 0 Å². The van der Waals surface area contributed by atoms with Gasteiger partial charge in [0.25, 0.3) is 0 Å². The molecule has 2 fully saturated rings. The molecular formula is C28H36F4. The van der Waals surface area contributed by atoms with Crippen molar-refractivity contribution in [1.29, 1.82) is 0 Å². The highest BCUT2D eigenvalue weighted by atomic mass is 19.4. The molecule has 0 aromatic heterocycles. The lowest BCUT2D eigenvalue weighted by Crippen LogP contribution is -2.17. The van der Waals surface area contributed by atoms with Gasteiger partial charge in [-0.2, -0.15) is 13.2 Å². The van der Waals surface area contributed by atoms with Gasteiger partial charge in [0.15, 0.2) is 0 Å². The van der Waals surface area contributed by atoms with Gasteiger partial charge in [-0.1, -0.05) is 76.2 Å². The standard InChI is InChI=1S/C28H36F4/c1-2-5-21-8-12-23(13-9-21)16-17-24-14-10-22(11-15-24)6-3-4-7-25-18-19-26(27(29)20-25)28(30,31)32/h3,6,18-24H,2,5,8-17H2,1H3. The summed E-state index contributed by atoms with van der Waals surface area (Å²) in [6, 6.07) is 2.82. The minimum absolute atomic E-state index is 0.257. The van der Waals surface area contributed by atoms with Crippen molar-refractivity contribution in [3.05, 3.63) is 47.3 Å². The van der Waals surface area contributed by atoms with E-state index in [1.54, 1.807) is 6.08 Å². The number of allylic oxidation sites excluding steroid dienone is 2. The fourth-order valence-corrected chi connectivity index (χ4v) is 5.49. The fraction of sp³-hybridized carbons (Fsp3) is 0.643. The maximum Gasteiger partial charge on any atom is 0.419 e. The molecular weight excluding hydrogens is 412 g/mol. The molecule has 0 aliphatic heterocycles. The van der Waals surface area contributed by atoms with Crippen LogP contribution in [0.3, 0.4) is 0 Å². The van der Waals surface area contributed by atoms with Crippen LogP contribution in [0.2, 0.25) is 0 Å². The minimum atomic E-state index is -4.68. The normalized spacial score (nSPS) is 26.7. The highest BCUT2D eigenvalue weighted by molar-refractivity contribution is 5.39. The number of hydrogen-bond acceptors (Lipinski definition) is 0. The molecule has 0 atom stereocenters. The van der Waals surface area contributed by atoms with Gasteiger partial charge in [-0.15, -0.1) is 0 Å². The van der Waals surface area contributed by atoms with Gasteiger partial charge in [0.1, 0.15) is 5.82 Å². The fourth-order valence-electron chi connectivity index (χ4n) is 5.49. The van der Waals surface area contributed by atoms with Gasteiger partial charge >= 0.3 is 6.18 Å². The zero-order valence-electron chi connectivity index (χ0n) is 19.2. The van der Waals surface area contributed by atoms with E-state index in [9.17, 15) is 17.6 Å². The minimum Gasteiger partial charge on any atom is -0.206 e. The molecule has 3 rings (SSSR count). The first-order valence-corrected chi connectivity index (χ1v) is 12.4. The van der Waals surface area contributed by atoms with Gasteiger partial charge in [-0.3, -0.25) is 0 Å². The Morgan fingerprint density at radius 1 is 0.875 bits per heavy atom. The average molecular weight is 449 g/mol. The molecule has 0 N–H and O–H groups in total. The molecule has 2 aliphatic carbocycles. The Kier molecular flexibility index (Phi) is 9.26. The molecule has 0 spiro atoms. The second kappa shape index (κ2) is 11.9. The van der Waals surface area contributed by atoms with Crippen molar-refractivity contribution in [2.75, 3.05) is 0 Å². The molecule has 1 aromatic rings. The van der Waals surface area contributed by atoms with Gasteiger partial charge in [0.05, 0.1) is 5.56 Å². The molecule has 0 nitrogen and oxygen atoms in total. The molecule has 0 heterocycles. The van der Waals surface area contributed by atoms with E-state index < -0.39 is 17.6 Å². The van der Waals surface area contributed by atoms with Crippen LogP contribution in [0.5, 0.6) is 0 Å². The first-order valence-electron chi connectivity index (χ1n) is 12.4. The smallest absolute Gasteiger partial charge is 0.206 e. The zero-order valence-corrected chi connectivity index (χ0v) is 19.2. The van der Waals surface area contributed by atoms with Crippen molar-refractivity contribution >= 4 is 0 Å². The van der Waals surface area contributed by atoms with Crippen molar-refractivity contribution in [1.82, 2.24) is 0 Å². The van der Waals surface area contributed by atoms with Crippen molar-refractivity contribution in [2.45, 2.75) is 90.1 Å². The molecule has 0 saturated heterocycles. The molecule has 32 heavy (non-hydrogen) atoms. The van der Waals surface area contributed by atoms with Crippen LogP contribution in [-0.2, 0) is 6.18 Å². The van der Waals surface area contributed by atoms with Crippen LogP contribution in [0, 0.1) is 41.3 Å². The zero-order chi connectivity index (χ0) is 23.0. The lowest BCUT2D eigenvalue weighted by atomic mass is 9.75. The van der Waals surface area contributed by atoms with Crippen LogP contribution in [0.1, 0.15) is 95.1 Å². The van der Waals surface area contributed by atoms with Crippen LogP contribution in [0.4, 0.5) is 17.6 Å². The summed E-state index contributed by atoms with van der Waals surface area (Å²) in [7, 11) is 0. The van der Waals surface area contributed by atoms with Gasteiger partial charge in [0.2, 0.25) is 0 Å². The summed E-state index contributed by atoms with van der Waals surface area (Å²) >= 11 is 0. The first kappa shape index (κ1) is 24.9. The maximum absolute atomic E-state index is 13.6. The van der Waals surface area contributed by atoms with E-state index in [2.05, 4.69) is 24.8 Å². The van der Waals surface area contributed by atoms with E-state index >= 15 is 0 Å². The van der Waals surface area contributed by atoms with Crippen LogP contribution < -0.4 is 0 Å². The highest BCUT2D eigenvalue weighted by Gasteiger charge is 2.33. The summed E-state index contributed by atoms with van der Waals surface area (Å²) in [5.41, 5.74) is -0.993. The second-order valence-electron chi connectivity index (χ2n) is 9.85. The Morgan fingerprint density at radius 3 is 1.97 bits per heavy atom. The summed E-state index contributed by atoms with van der Waals surface area (Å²) in [6.45, 7) is 2.30. The second-order valence-corrected chi connectivity index (χ2v) is 9.85. The largest absolute Gasteiger partial charge is 0.419 e. The number of halogens is 4. The van der Waals surface area contributed by atoms with Gasteiger partial charge in [-0.25, -0.2) is 4.39 Å². The van der Waals surface area contributed by atoms with Crippen LogP contribution >= 0.6 is 0 Å². The van der Waals surface area contributed by atoms with Gasteiger partial charge in [-0.05, 0) is 73.6 Å². The predicted molar refractivity (Wildman–Crippen MR) is 122 cm³/mol. The number of benzene rings is 1. The summed E-state index contributed by atoms with van der Waals surface area (Å²) in [4.78, 5) is 0. The Hall–Kier alpha value is -1.76. The maximum atomic E-state index is 13.6. The topological polar surface area (TPSA) is 0 Å². The van der Waals surface area contributed by atoms with Gasteiger partial charge in [0, 0.05) is 5.56 Å². The SMILES string of the molecule is CCCC1CCC(CCC2CCC(C=CC#Cc3ccc(C(F)(F)F)c(F)c3)CC2)CC1. The molecule has 0 amide bonds. The monoisotopic (exact) mass is 448 g/mol. The highest BCUT2D eigenvalue weighted by Crippen LogP contribution is 2.38. The van der Waals surface area contributed by atoms with Crippen LogP contribution in [0.25, 0.3) is 0 Å². The lowest BCUT2D eigenvalue weighted by molar-refractivity contribution is -0.140. The third-order valence-electron chi connectivity index (χ3n) is 7.48. The lowest BCUT2D eigenvalue weighted by Gasteiger charge is -2.31. The third-order valence-corrected chi connectivity index (χ3v) is 7.48. The molecule has 4 heteroatoms. The van der Waals surface area contributed by atoms with Crippen molar-refractivity contribution in [3.63, 3.8) is 0 Å². The van der Waals surface area contributed by atoms with E-state index in [-0.39, 0.29) is 5.56 Å². The molecule has 176 valence electrons. The Balaban J connectivity index is 1.36. The third kappa shape index (κ3) is 7.68. The number of alkyl halides is 3. The summed E-state index contributed by atoms with van der Waals surface area (Å²) in [5.74, 6) is 7.62. The van der Waals surface area contributed by atoms with Crippen molar-refractivity contribution < 1.29 is 17.6 Å². The molecule has 0 radical (unpaired) electrons. The van der Waals surface area contributed by atoms with E-state index in [4.69, 9.17) is 0 Å². The number of hydrogen-bond donors (Lipinski definition) is 0. The van der Waals surface area contributed by atoms with Crippen molar-refractivity contribution in [2.24, 2.45) is 23.7 Å². The molecule has 2 aliphatic rings. The summed E-state index contributed by atoms with van der Waals surface area (Å²) in [6.07, 6.45) is 15.4. The predicted octanol–water partition coefficient (Wildman–Crippen LogP) is 8.95. The van der Waals surface area contributed by atoms with Crippen molar-refractivity contribution in [3.8, 4) is 11.8 Å². The molecule has 0 bridgehead atoms. The quantitative estimate of drug-likeness (QED) is 0.301. The van der Waals surface area contributed by atoms with Crippen LogP contribution in [0.15, 0.2) is 30.4 Å². The summed E-state index contributed by atoms with van der Waals surface area (Å²) < 4.78 is 51.5. The Bertz CT molecular complexity index is 795. The first-order chi connectivity index (χ1) is 15.3. The average Bonchev–Trinajstić information content (AvgIpc) is 2.76. The molecule has 0 unspecified atom stereocenters. The van der Waals surface area contributed by atoms with Gasteiger partial charge < -0.3 is 0 Å². The number of rotatable bonds is 6. The Morgan fingerprint density at radius 2 is 1.44 bits per heavy atom. The molecule has 1 aromatic carbocycles.